The average Bonchev–Trinajstić information content (AvgIpc) is 3.13. The fraction of sp³-hybridized carbons (Fsp3) is 0.346. The van der Waals surface area contributed by atoms with Gasteiger partial charge in [0.1, 0.15) is 16.5 Å². The van der Waals surface area contributed by atoms with Gasteiger partial charge in [0.2, 0.25) is 0 Å². The lowest BCUT2D eigenvalue weighted by Gasteiger charge is -2.35. The number of aryl methyl sites for hydroxylation is 1. The van der Waals surface area contributed by atoms with Crippen LogP contribution in [0.25, 0.3) is 0 Å². The maximum Gasteiger partial charge on any atom is 0.256 e. The number of hydrogen-bond donors (Lipinski definition) is 1. The largest absolute Gasteiger partial charge is 0.497 e. The number of anilines is 1. The van der Waals surface area contributed by atoms with Crippen LogP contribution in [0.15, 0.2) is 48.5 Å². The molecule has 1 aromatic heterocycles. The Morgan fingerprint density at radius 3 is 2.12 bits per heavy atom. The van der Waals surface area contributed by atoms with Crippen LogP contribution in [0.1, 0.15) is 38.0 Å². The summed E-state index contributed by atoms with van der Waals surface area (Å²) in [5.74, 6) is 1.42. The van der Waals surface area contributed by atoms with E-state index in [4.69, 9.17) is 14.2 Å². The number of rotatable bonds is 7. The highest BCUT2D eigenvalue weighted by Crippen LogP contribution is 2.42. The highest BCUT2D eigenvalue weighted by molar-refractivity contribution is 7.16. The number of amides is 1. The van der Waals surface area contributed by atoms with E-state index in [2.05, 4.69) is 36.2 Å². The van der Waals surface area contributed by atoms with Crippen LogP contribution < -0.4 is 14.8 Å². The van der Waals surface area contributed by atoms with Gasteiger partial charge in [0, 0.05) is 29.1 Å². The monoisotopic (exact) mass is 466 g/mol. The van der Waals surface area contributed by atoms with Crippen LogP contribution in [0.2, 0.25) is 0 Å². The normalized spacial score (nSPS) is 15.2. The van der Waals surface area contributed by atoms with Crippen molar-refractivity contribution in [2.75, 3.05) is 45.8 Å². The Morgan fingerprint density at radius 1 is 0.970 bits per heavy atom. The number of ether oxygens (including phenoxy) is 3. The van der Waals surface area contributed by atoms with Crippen molar-refractivity contribution in [1.82, 2.24) is 4.90 Å². The molecule has 0 spiro atoms. The third-order valence-corrected chi connectivity index (χ3v) is 7.27. The predicted octanol–water partition coefficient (Wildman–Crippen LogP) is 5.06. The first kappa shape index (κ1) is 23.3. The lowest BCUT2D eigenvalue weighted by atomic mass is 9.94. The van der Waals surface area contributed by atoms with Gasteiger partial charge in [-0.05, 0) is 61.4 Å². The molecule has 1 aliphatic heterocycles. The van der Waals surface area contributed by atoms with Crippen molar-refractivity contribution in [3.63, 3.8) is 0 Å². The van der Waals surface area contributed by atoms with Gasteiger partial charge in [0.25, 0.3) is 5.91 Å². The van der Waals surface area contributed by atoms with Gasteiger partial charge in [-0.15, -0.1) is 11.3 Å². The summed E-state index contributed by atoms with van der Waals surface area (Å²) in [6, 6.07) is 15.4. The minimum absolute atomic E-state index is 0.0101. The van der Waals surface area contributed by atoms with Crippen molar-refractivity contribution < 1.29 is 19.0 Å². The Kier molecular flexibility index (Phi) is 7.33. The van der Waals surface area contributed by atoms with Crippen LogP contribution in [0.3, 0.4) is 0 Å². The number of thiophene rings is 1. The Hall–Kier alpha value is -2.87. The molecule has 0 radical (unpaired) electrons. The van der Waals surface area contributed by atoms with Crippen LogP contribution in [0.4, 0.5) is 5.00 Å². The molecule has 1 amide bonds. The van der Waals surface area contributed by atoms with Crippen LogP contribution in [-0.2, 0) is 4.74 Å². The highest BCUT2D eigenvalue weighted by atomic mass is 32.1. The van der Waals surface area contributed by atoms with Gasteiger partial charge in [-0.2, -0.15) is 0 Å². The van der Waals surface area contributed by atoms with E-state index in [0.717, 1.165) is 35.2 Å². The summed E-state index contributed by atoms with van der Waals surface area (Å²) in [7, 11) is 3.29. The molecule has 0 bridgehead atoms. The van der Waals surface area contributed by atoms with Gasteiger partial charge in [-0.1, -0.05) is 12.1 Å². The van der Waals surface area contributed by atoms with E-state index >= 15 is 0 Å². The average molecular weight is 467 g/mol. The first-order chi connectivity index (χ1) is 16.0. The van der Waals surface area contributed by atoms with E-state index in [0.29, 0.717) is 18.8 Å². The molecule has 1 aliphatic rings. The molecular weight excluding hydrogens is 436 g/mol. The second-order valence-corrected chi connectivity index (χ2v) is 9.26. The standard InChI is InChI=1S/C26H30N2O4S/c1-17-18(2)33-26(27-25(29)20-7-11-22(31-4)12-8-20)23(17)24(28-13-15-32-16-14-28)19-5-9-21(30-3)10-6-19/h5-12,24H,13-16H2,1-4H3,(H,27,29)/t24-/m0/s1. The first-order valence-electron chi connectivity index (χ1n) is 11.0. The zero-order chi connectivity index (χ0) is 23.4. The topological polar surface area (TPSA) is 60.0 Å². The number of hydrogen-bond acceptors (Lipinski definition) is 6. The number of nitrogens with zero attached hydrogens (tertiary/aromatic N) is 1. The molecule has 0 aliphatic carbocycles. The summed E-state index contributed by atoms with van der Waals surface area (Å²) in [6.45, 7) is 7.30. The summed E-state index contributed by atoms with van der Waals surface area (Å²) in [5.41, 5.74) is 4.11. The number of carbonyl (C=O) groups is 1. The Bertz CT molecular complexity index is 1090. The fourth-order valence-corrected chi connectivity index (χ4v) is 5.25. The molecule has 33 heavy (non-hydrogen) atoms. The second kappa shape index (κ2) is 10.4. The smallest absolute Gasteiger partial charge is 0.256 e. The SMILES string of the molecule is COc1ccc(C(=O)Nc2sc(C)c(C)c2[C@H](c2ccc(OC)cc2)N2CCOCC2)cc1. The summed E-state index contributed by atoms with van der Waals surface area (Å²) in [6.07, 6.45) is 0. The van der Waals surface area contributed by atoms with E-state index in [-0.39, 0.29) is 11.9 Å². The van der Waals surface area contributed by atoms with Gasteiger partial charge in [-0.3, -0.25) is 9.69 Å². The van der Waals surface area contributed by atoms with Crippen molar-refractivity contribution in [3.8, 4) is 11.5 Å². The fourth-order valence-electron chi connectivity index (χ4n) is 4.17. The third kappa shape index (κ3) is 5.05. The lowest BCUT2D eigenvalue weighted by Crippen LogP contribution is -2.39. The minimum Gasteiger partial charge on any atom is -0.497 e. The van der Waals surface area contributed by atoms with Crippen molar-refractivity contribution in [1.29, 1.82) is 0 Å². The minimum atomic E-state index is -0.129. The molecule has 174 valence electrons. The van der Waals surface area contributed by atoms with Crippen LogP contribution in [-0.4, -0.2) is 51.3 Å². The quantitative estimate of drug-likeness (QED) is 0.528. The molecule has 2 heterocycles. The summed E-state index contributed by atoms with van der Waals surface area (Å²) < 4.78 is 16.2. The third-order valence-electron chi connectivity index (χ3n) is 6.13. The maximum atomic E-state index is 13.1. The van der Waals surface area contributed by atoms with Crippen molar-refractivity contribution in [2.45, 2.75) is 19.9 Å². The van der Waals surface area contributed by atoms with Crippen LogP contribution in [0, 0.1) is 13.8 Å². The van der Waals surface area contributed by atoms with E-state index in [1.807, 2.05) is 12.1 Å². The summed E-state index contributed by atoms with van der Waals surface area (Å²) >= 11 is 1.63. The number of benzene rings is 2. The zero-order valence-corrected chi connectivity index (χ0v) is 20.3. The van der Waals surface area contributed by atoms with Gasteiger partial charge >= 0.3 is 0 Å². The van der Waals surface area contributed by atoms with Crippen LogP contribution in [0.5, 0.6) is 11.5 Å². The van der Waals surface area contributed by atoms with Crippen molar-refractivity contribution >= 4 is 22.2 Å². The van der Waals surface area contributed by atoms with Gasteiger partial charge in [0.05, 0.1) is 33.5 Å². The summed E-state index contributed by atoms with van der Waals surface area (Å²) in [5, 5.41) is 4.08. The Labute approximate surface area is 199 Å². The molecule has 0 saturated carbocycles. The van der Waals surface area contributed by atoms with Gasteiger partial charge in [-0.25, -0.2) is 0 Å². The van der Waals surface area contributed by atoms with E-state index in [9.17, 15) is 4.79 Å². The molecule has 1 N–H and O–H groups in total. The first-order valence-corrected chi connectivity index (χ1v) is 11.8. The molecule has 1 fully saturated rings. The van der Waals surface area contributed by atoms with Crippen LogP contribution >= 0.6 is 11.3 Å². The van der Waals surface area contributed by atoms with Gasteiger partial charge < -0.3 is 19.5 Å². The molecule has 2 aromatic carbocycles. The lowest BCUT2D eigenvalue weighted by molar-refractivity contribution is 0.0240. The Morgan fingerprint density at radius 2 is 1.55 bits per heavy atom. The van der Waals surface area contributed by atoms with Crippen molar-refractivity contribution in [3.05, 3.63) is 75.7 Å². The molecule has 1 saturated heterocycles. The predicted molar refractivity (Wildman–Crippen MR) is 132 cm³/mol. The highest BCUT2D eigenvalue weighted by Gasteiger charge is 2.30. The van der Waals surface area contributed by atoms with Gasteiger partial charge in [0.15, 0.2) is 0 Å². The summed E-state index contributed by atoms with van der Waals surface area (Å²) in [4.78, 5) is 16.7. The maximum absolute atomic E-state index is 13.1. The van der Waals surface area contributed by atoms with Crippen molar-refractivity contribution in [2.24, 2.45) is 0 Å². The molecule has 7 heteroatoms. The number of morpholine rings is 1. The molecule has 3 aromatic rings. The molecule has 0 unspecified atom stereocenters. The van der Waals surface area contributed by atoms with E-state index in [1.165, 1.54) is 16.0 Å². The Balaban J connectivity index is 1.72. The molecule has 1 atom stereocenters. The number of nitrogens with one attached hydrogen (secondary N) is 1. The van der Waals surface area contributed by atoms with E-state index < -0.39 is 0 Å². The molecular formula is C26H30N2O4S. The number of carbonyl (C=O) groups excluding carboxylic acids is 1. The van der Waals surface area contributed by atoms with E-state index in [1.54, 1.807) is 49.8 Å². The second-order valence-electron chi connectivity index (χ2n) is 8.03. The zero-order valence-electron chi connectivity index (χ0n) is 19.5. The number of methoxy groups -OCH3 is 2. The molecule has 4 rings (SSSR count). The molecule has 6 nitrogen and oxygen atoms in total.